The van der Waals surface area contributed by atoms with Gasteiger partial charge in [-0.3, -0.25) is 0 Å². The summed E-state index contributed by atoms with van der Waals surface area (Å²) in [6.07, 6.45) is 4.33. The van der Waals surface area contributed by atoms with Crippen molar-refractivity contribution in [3.63, 3.8) is 0 Å². The Morgan fingerprint density at radius 1 is 0.923 bits per heavy atom. The third-order valence-electron chi connectivity index (χ3n) is 5.78. The van der Waals surface area contributed by atoms with Gasteiger partial charge in [0, 0.05) is 29.0 Å². The first-order valence-corrected chi connectivity index (χ1v) is 14.8. The van der Waals surface area contributed by atoms with Crippen molar-refractivity contribution in [2.75, 3.05) is 39.6 Å². The van der Waals surface area contributed by atoms with Gasteiger partial charge in [0.2, 0.25) is 0 Å². The van der Waals surface area contributed by atoms with Gasteiger partial charge in [-0.2, -0.15) is 0 Å². The molecule has 2 fully saturated rings. The van der Waals surface area contributed by atoms with Crippen LogP contribution in [0.1, 0.15) is 34.3 Å². The minimum absolute atomic E-state index is 0.382. The van der Waals surface area contributed by atoms with Crippen LogP contribution in [-0.2, 0) is 38.0 Å². The molecule has 2 saturated heterocycles. The van der Waals surface area contributed by atoms with E-state index in [0.717, 1.165) is 46.1 Å². The van der Waals surface area contributed by atoms with Gasteiger partial charge in [-0.05, 0) is 51.6 Å². The summed E-state index contributed by atoms with van der Waals surface area (Å²) in [4.78, 5) is 0. The number of hydrogen-bond donors (Lipinski definition) is 0. The van der Waals surface area contributed by atoms with E-state index in [1.807, 2.05) is 0 Å². The lowest BCUT2D eigenvalue weighted by Crippen LogP contribution is -2.26. The molecule has 0 spiro atoms. The van der Waals surface area contributed by atoms with Crippen LogP contribution in [0.2, 0.25) is 0 Å². The van der Waals surface area contributed by atoms with Crippen LogP contribution in [0.25, 0.3) is 0 Å². The van der Waals surface area contributed by atoms with Crippen molar-refractivity contribution in [3.8, 4) is 0 Å². The Hall–Kier alpha value is -0.246. The summed E-state index contributed by atoms with van der Waals surface area (Å²) in [5, 5.41) is 3.51. The topological polar surface area (TPSA) is 43.5 Å². The maximum Gasteiger partial charge on any atom is 0.104 e. The maximum atomic E-state index is 5.76. The van der Waals surface area contributed by atoms with Gasteiger partial charge < -0.3 is 18.9 Å². The van der Waals surface area contributed by atoms with Crippen molar-refractivity contribution in [3.05, 3.63) is 21.5 Å². The minimum atomic E-state index is -0.418. The zero-order chi connectivity index (χ0) is 18.5. The highest BCUT2D eigenvalue weighted by atomic mass is 29.0. The molecule has 4 nitrogen and oxygen atoms in total. The molecule has 6 heteroatoms. The van der Waals surface area contributed by atoms with Crippen LogP contribution in [0.5, 0.6) is 0 Å². The molecule has 0 aromatic carbocycles. The van der Waals surface area contributed by atoms with Crippen LogP contribution in [0.15, 0.2) is 0 Å². The monoisotopic (exact) mass is 394 g/mol. The van der Waals surface area contributed by atoms with Gasteiger partial charge >= 0.3 is 0 Å². The second-order valence-electron chi connectivity index (χ2n) is 7.72. The highest BCUT2D eigenvalue weighted by molar-refractivity contribution is 7.02. The van der Waals surface area contributed by atoms with Gasteiger partial charge in [-0.25, -0.2) is 0 Å². The van der Waals surface area contributed by atoms with Gasteiger partial charge in [0.25, 0.3) is 0 Å². The van der Waals surface area contributed by atoms with E-state index < -0.39 is 15.8 Å². The average molecular weight is 395 g/mol. The van der Waals surface area contributed by atoms with E-state index >= 15 is 0 Å². The molecule has 2 unspecified atom stereocenters. The molecule has 26 heavy (non-hydrogen) atoms. The lowest BCUT2D eigenvalue weighted by atomic mass is 10.1. The Bertz CT molecular complexity index is 563. The fourth-order valence-electron chi connectivity index (χ4n) is 3.69. The lowest BCUT2D eigenvalue weighted by molar-refractivity contribution is 0.114. The zero-order valence-electron chi connectivity index (χ0n) is 16.9. The number of ether oxygens (including phenoxy) is 4. The maximum absolute atomic E-state index is 5.76. The summed E-state index contributed by atoms with van der Waals surface area (Å²) >= 11 is 0. The molecule has 1 aromatic heterocycles. The highest BCUT2D eigenvalue weighted by Crippen LogP contribution is 2.19. The fraction of sp³-hybridized carbons (Fsp3) is 0.800. The van der Waals surface area contributed by atoms with Crippen LogP contribution in [0, 0.1) is 20.8 Å². The summed E-state index contributed by atoms with van der Waals surface area (Å²) in [5.74, 6) is 0. The Morgan fingerprint density at radius 3 is 2.08 bits per heavy atom. The van der Waals surface area contributed by atoms with Crippen molar-refractivity contribution in [1.29, 1.82) is 0 Å². The van der Waals surface area contributed by atoms with Gasteiger partial charge in [0.05, 0.1) is 26.4 Å². The summed E-state index contributed by atoms with van der Waals surface area (Å²) in [5.41, 5.74) is 3.16. The molecule has 2 aliphatic heterocycles. The molecule has 0 N–H and O–H groups in total. The van der Waals surface area contributed by atoms with Gasteiger partial charge in [-0.15, -0.1) is 0 Å². The summed E-state index contributed by atoms with van der Waals surface area (Å²) < 4.78 is 21.9. The molecule has 3 rings (SSSR count). The first kappa shape index (κ1) is 20.5. The molecule has 2 aliphatic rings. The zero-order valence-corrected chi connectivity index (χ0v) is 18.9. The van der Waals surface area contributed by atoms with Crippen LogP contribution in [0.3, 0.4) is 0 Å². The van der Waals surface area contributed by atoms with Crippen molar-refractivity contribution >= 4 is 15.8 Å². The standard InChI is InChI=1S/C20H34O4Si2/c1-15-16(2)20(7-5-8-21-11-18-13-23-18)25(4)26(17(15)3)10-6-9-22-12-19-14-24-19/h18-19H,5-14H2,1-4H3. The molecular weight excluding hydrogens is 360 g/mol. The second kappa shape index (κ2) is 9.80. The van der Waals surface area contributed by atoms with Crippen LogP contribution in [0.4, 0.5) is 0 Å². The molecule has 0 aliphatic carbocycles. The first-order chi connectivity index (χ1) is 12.6. The Kier molecular flexibility index (Phi) is 7.72. The van der Waals surface area contributed by atoms with E-state index in [9.17, 15) is 0 Å². The Labute approximate surface area is 161 Å². The number of hydrogen-bond acceptors (Lipinski definition) is 4. The molecule has 0 radical (unpaired) electrons. The van der Waals surface area contributed by atoms with E-state index in [1.54, 1.807) is 21.5 Å². The van der Waals surface area contributed by atoms with Crippen LogP contribution in [-0.4, -0.2) is 67.6 Å². The van der Waals surface area contributed by atoms with Gasteiger partial charge in [0.1, 0.15) is 12.2 Å². The molecule has 3 heterocycles. The molecule has 2 atom stereocenters. The quantitative estimate of drug-likeness (QED) is 0.310. The lowest BCUT2D eigenvalue weighted by Gasteiger charge is -2.20. The second-order valence-corrected chi connectivity index (χ2v) is 15.8. The molecule has 0 saturated carbocycles. The predicted octanol–water partition coefficient (Wildman–Crippen LogP) is 2.35. The minimum Gasteiger partial charge on any atom is -0.379 e. The Morgan fingerprint density at radius 2 is 1.50 bits per heavy atom. The molecule has 146 valence electrons. The molecule has 0 bridgehead atoms. The van der Waals surface area contributed by atoms with Gasteiger partial charge in [0.15, 0.2) is 0 Å². The highest BCUT2D eigenvalue weighted by Gasteiger charge is 2.23. The summed E-state index contributed by atoms with van der Waals surface area (Å²) in [7, 11) is -0.829. The summed E-state index contributed by atoms with van der Waals surface area (Å²) in [6, 6.07) is 1.36. The average Bonchev–Trinajstić information content (AvgIpc) is 3.52. The van der Waals surface area contributed by atoms with E-state index in [2.05, 4.69) is 27.3 Å². The van der Waals surface area contributed by atoms with E-state index in [-0.39, 0.29) is 0 Å². The third kappa shape index (κ3) is 5.87. The van der Waals surface area contributed by atoms with Crippen molar-refractivity contribution in [1.82, 2.24) is 0 Å². The molecular formula is C20H34O4Si2. The summed E-state index contributed by atoms with van der Waals surface area (Å²) in [6.45, 7) is 14.8. The Balaban J connectivity index is 1.53. The van der Waals surface area contributed by atoms with Gasteiger partial charge in [-0.1, -0.05) is 22.5 Å². The van der Waals surface area contributed by atoms with Crippen LogP contribution < -0.4 is 0 Å². The molecule has 1 aromatic rings. The molecule has 0 amide bonds. The van der Waals surface area contributed by atoms with Crippen molar-refractivity contribution < 1.29 is 18.9 Å². The van der Waals surface area contributed by atoms with E-state index in [4.69, 9.17) is 18.9 Å². The van der Waals surface area contributed by atoms with Crippen molar-refractivity contribution in [2.24, 2.45) is 6.55 Å². The van der Waals surface area contributed by atoms with E-state index in [1.165, 1.54) is 18.9 Å². The smallest absolute Gasteiger partial charge is 0.104 e. The largest absolute Gasteiger partial charge is 0.379 e. The third-order valence-corrected chi connectivity index (χ3v) is 15.8. The normalized spacial score (nSPS) is 21.2. The van der Waals surface area contributed by atoms with Crippen molar-refractivity contribution in [2.45, 2.75) is 58.3 Å². The number of epoxide rings is 2. The fourth-order valence-corrected chi connectivity index (χ4v) is 13.7. The first-order valence-electron chi connectivity index (χ1n) is 10.0. The number of rotatable bonds is 12. The van der Waals surface area contributed by atoms with Crippen LogP contribution >= 0.6 is 0 Å². The SMILES string of the molecule is Cc1c(C)c(C)[si](CCCOCC2CO2)[si](C)c1CCCOCC1CO1. The predicted molar refractivity (Wildman–Crippen MR) is 108 cm³/mol. The van der Waals surface area contributed by atoms with E-state index in [0.29, 0.717) is 12.2 Å².